The van der Waals surface area contributed by atoms with Gasteiger partial charge in [0, 0.05) is 11.4 Å². The summed E-state index contributed by atoms with van der Waals surface area (Å²) in [5, 5.41) is 0.304. The molecule has 3 heteroatoms. The molecule has 0 atom stereocenters. The number of hydrogen-bond donors (Lipinski definition) is 0. The zero-order valence-electron chi connectivity index (χ0n) is 10.4. The van der Waals surface area contributed by atoms with Crippen molar-refractivity contribution in [2.75, 3.05) is 0 Å². The van der Waals surface area contributed by atoms with Crippen LogP contribution in [0.4, 0.5) is 4.39 Å². The van der Waals surface area contributed by atoms with Gasteiger partial charge in [-0.05, 0) is 36.6 Å². The fourth-order valence-corrected chi connectivity index (χ4v) is 2.11. The topological polar surface area (TPSA) is 17.1 Å². The number of ketones is 1. The molecule has 2 aromatic carbocycles. The number of aryl methyl sites for hydroxylation is 1. The molecule has 0 radical (unpaired) electrons. The van der Waals surface area contributed by atoms with Crippen molar-refractivity contribution in [2.45, 2.75) is 19.3 Å². The summed E-state index contributed by atoms with van der Waals surface area (Å²) in [6.45, 7) is 0. The van der Waals surface area contributed by atoms with Crippen molar-refractivity contribution >= 4 is 17.4 Å². The molecule has 0 saturated heterocycles. The zero-order chi connectivity index (χ0) is 13.7. The number of carbonyl (C=O) groups is 1. The van der Waals surface area contributed by atoms with Gasteiger partial charge in [-0.1, -0.05) is 41.9 Å². The van der Waals surface area contributed by atoms with Crippen molar-refractivity contribution in [1.82, 2.24) is 0 Å². The molecule has 98 valence electrons. The van der Waals surface area contributed by atoms with Crippen molar-refractivity contribution in [1.29, 1.82) is 0 Å². The van der Waals surface area contributed by atoms with Crippen LogP contribution in [0.25, 0.3) is 0 Å². The maximum atomic E-state index is 13.5. The van der Waals surface area contributed by atoms with Crippen LogP contribution < -0.4 is 0 Å². The van der Waals surface area contributed by atoms with Crippen molar-refractivity contribution in [2.24, 2.45) is 0 Å². The Balaban J connectivity index is 1.91. The Morgan fingerprint density at radius 3 is 2.53 bits per heavy atom. The quantitative estimate of drug-likeness (QED) is 0.725. The van der Waals surface area contributed by atoms with Crippen LogP contribution in [0.15, 0.2) is 48.5 Å². The number of carbonyl (C=O) groups excluding carboxylic acids is 1. The van der Waals surface area contributed by atoms with Gasteiger partial charge in [0.2, 0.25) is 0 Å². The van der Waals surface area contributed by atoms with Gasteiger partial charge < -0.3 is 0 Å². The molecule has 0 aliphatic rings. The Labute approximate surface area is 117 Å². The molecule has 2 aromatic rings. The van der Waals surface area contributed by atoms with Gasteiger partial charge >= 0.3 is 0 Å². The SMILES string of the molecule is O=C(CCCc1ccccc1)c1ccc(Cl)cc1F. The lowest BCUT2D eigenvalue weighted by Gasteiger charge is -2.03. The number of Topliss-reactive ketones (excluding diaryl/α,β-unsaturated/α-hetero) is 1. The molecule has 0 unspecified atom stereocenters. The maximum Gasteiger partial charge on any atom is 0.165 e. The van der Waals surface area contributed by atoms with E-state index in [0.29, 0.717) is 17.9 Å². The lowest BCUT2D eigenvalue weighted by molar-refractivity contribution is 0.0976. The first kappa shape index (κ1) is 13.8. The van der Waals surface area contributed by atoms with Gasteiger partial charge in [-0.25, -0.2) is 4.39 Å². The van der Waals surface area contributed by atoms with E-state index < -0.39 is 5.82 Å². The van der Waals surface area contributed by atoms with Crippen LogP contribution in [0.3, 0.4) is 0 Å². The van der Waals surface area contributed by atoms with Crippen LogP contribution in [-0.4, -0.2) is 5.78 Å². The summed E-state index contributed by atoms with van der Waals surface area (Å²) in [5.74, 6) is -0.720. The van der Waals surface area contributed by atoms with Gasteiger partial charge in [0.15, 0.2) is 5.78 Å². The van der Waals surface area contributed by atoms with Crippen LogP contribution in [0, 0.1) is 5.82 Å². The minimum absolute atomic E-state index is 0.123. The smallest absolute Gasteiger partial charge is 0.165 e. The predicted octanol–water partition coefficient (Wildman–Crippen LogP) is 4.68. The van der Waals surface area contributed by atoms with E-state index in [0.717, 1.165) is 6.42 Å². The second-order valence-electron chi connectivity index (χ2n) is 4.39. The van der Waals surface area contributed by atoms with Crippen LogP contribution in [-0.2, 0) is 6.42 Å². The molecule has 0 aliphatic carbocycles. The van der Waals surface area contributed by atoms with E-state index in [1.807, 2.05) is 30.3 Å². The molecule has 0 saturated carbocycles. The highest BCUT2D eigenvalue weighted by molar-refractivity contribution is 6.30. The molecule has 0 fully saturated rings. The minimum atomic E-state index is -0.544. The Morgan fingerprint density at radius 1 is 1.11 bits per heavy atom. The maximum absolute atomic E-state index is 13.5. The highest BCUT2D eigenvalue weighted by atomic mass is 35.5. The van der Waals surface area contributed by atoms with Crippen molar-refractivity contribution in [3.8, 4) is 0 Å². The van der Waals surface area contributed by atoms with E-state index in [1.54, 1.807) is 0 Å². The van der Waals surface area contributed by atoms with Gasteiger partial charge in [-0.15, -0.1) is 0 Å². The highest BCUT2D eigenvalue weighted by Crippen LogP contribution is 2.17. The summed E-state index contributed by atoms with van der Waals surface area (Å²) in [5.41, 5.74) is 1.31. The van der Waals surface area contributed by atoms with Crippen molar-refractivity contribution in [3.05, 3.63) is 70.5 Å². The van der Waals surface area contributed by atoms with Crippen LogP contribution in [0.5, 0.6) is 0 Å². The number of rotatable bonds is 5. The Bertz CT molecular complexity index is 566. The Kier molecular flexibility index (Phi) is 4.69. The standard InChI is InChI=1S/C16H14ClFO/c17-13-9-10-14(15(18)11-13)16(19)8-4-7-12-5-2-1-3-6-12/h1-3,5-6,9-11H,4,7-8H2. The second kappa shape index (κ2) is 6.48. The van der Waals surface area contributed by atoms with E-state index in [4.69, 9.17) is 11.6 Å². The van der Waals surface area contributed by atoms with E-state index in [1.165, 1.54) is 23.8 Å². The number of halogens is 2. The van der Waals surface area contributed by atoms with Gasteiger partial charge in [0.05, 0.1) is 5.56 Å². The molecule has 0 aromatic heterocycles. The molecule has 1 nitrogen and oxygen atoms in total. The summed E-state index contributed by atoms with van der Waals surface area (Å²) in [6.07, 6.45) is 1.88. The fourth-order valence-electron chi connectivity index (χ4n) is 1.95. The van der Waals surface area contributed by atoms with Crippen LogP contribution >= 0.6 is 11.6 Å². The molecule has 0 N–H and O–H groups in total. The summed E-state index contributed by atoms with van der Waals surface area (Å²) in [4.78, 5) is 11.9. The first-order chi connectivity index (χ1) is 9.16. The van der Waals surface area contributed by atoms with Gasteiger partial charge in [0.1, 0.15) is 5.82 Å². The molecule has 0 amide bonds. The lowest BCUT2D eigenvalue weighted by atomic mass is 10.0. The van der Waals surface area contributed by atoms with Crippen molar-refractivity contribution < 1.29 is 9.18 Å². The first-order valence-electron chi connectivity index (χ1n) is 6.19. The monoisotopic (exact) mass is 276 g/mol. The molecule has 0 aliphatic heterocycles. The van der Waals surface area contributed by atoms with E-state index in [2.05, 4.69) is 0 Å². The minimum Gasteiger partial charge on any atom is -0.294 e. The van der Waals surface area contributed by atoms with E-state index in [9.17, 15) is 9.18 Å². The van der Waals surface area contributed by atoms with Crippen LogP contribution in [0.2, 0.25) is 5.02 Å². The third kappa shape index (κ3) is 3.90. The summed E-state index contributed by atoms with van der Waals surface area (Å²) < 4.78 is 13.5. The second-order valence-corrected chi connectivity index (χ2v) is 4.82. The largest absolute Gasteiger partial charge is 0.294 e. The average molecular weight is 277 g/mol. The van der Waals surface area contributed by atoms with Crippen LogP contribution in [0.1, 0.15) is 28.8 Å². The molecule has 2 rings (SSSR count). The molecule has 0 bridgehead atoms. The summed E-state index contributed by atoms with van der Waals surface area (Å²) in [6, 6.07) is 14.1. The molecular weight excluding hydrogens is 263 g/mol. The molecule has 0 spiro atoms. The third-order valence-electron chi connectivity index (χ3n) is 2.94. The number of hydrogen-bond acceptors (Lipinski definition) is 1. The van der Waals surface area contributed by atoms with Gasteiger partial charge in [-0.2, -0.15) is 0 Å². The summed E-state index contributed by atoms with van der Waals surface area (Å²) >= 11 is 5.65. The van der Waals surface area contributed by atoms with Crippen molar-refractivity contribution in [3.63, 3.8) is 0 Å². The van der Waals surface area contributed by atoms with E-state index >= 15 is 0 Å². The summed E-state index contributed by atoms with van der Waals surface area (Å²) in [7, 11) is 0. The van der Waals surface area contributed by atoms with E-state index in [-0.39, 0.29) is 11.3 Å². The number of benzene rings is 2. The van der Waals surface area contributed by atoms with Gasteiger partial charge in [0.25, 0.3) is 0 Å². The zero-order valence-corrected chi connectivity index (χ0v) is 11.2. The highest BCUT2D eigenvalue weighted by Gasteiger charge is 2.11. The normalized spacial score (nSPS) is 10.4. The molecule has 19 heavy (non-hydrogen) atoms. The molecule has 0 heterocycles. The first-order valence-corrected chi connectivity index (χ1v) is 6.57. The average Bonchev–Trinajstić information content (AvgIpc) is 2.39. The molecular formula is C16H14ClFO. The Hall–Kier alpha value is -1.67. The fraction of sp³-hybridized carbons (Fsp3) is 0.188. The predicted molar refractivity (Wildman–Crippen MR) is 75.1 cm³/mol. The van der Waals surface area contributed by atoms with Gasteiger partial charge in [-0.3, -0.25) is 4.79 Å². The lowest BCUT2D eigenvalue weighted by Crippen LogP contribution is -2.03. The third-order valence-corrected chi connectivity index (χ3v) is 3.18. The Morgan fingerprint density at radius 2 is 1.84 bits per heavy atom.